The Labute approximate surface area is 121 Å². The Morgan fingerprint density at radius 1 is 1.33 bits per heavy atom. The summed E-state index contributed by atoms with van der Waals surface area (Å²) in [5.74, 6) is -1.08. The summed E-state index contributed by atoms with van der Waals surface area (Å²) in [6.07, 6.45) is 3.10. The van der Waals surface area contributed by atoms with Crippen LogP contribution in [-0.2, 0) is 11.3 Å². The van der Waals surface area contributed by atoms with Gasteiger partial charge in [0.1, 0.15) is 6.54 Å². The van der Waals surface area contributed by atoms with Gasteiger partial charge in [0.2, 0.25) is 0 Å². The minimum absolute atomic E-state index is 0.251. The second kappa shape index (κ2) is 6.56. The Bertz CT molecular complexity index is 608. The van der Waals surface area contributed by atoms with Crippen molar-refractivity contribution in [2.24, 2.45) is 0 Å². The monoisotopic (exact) mass is 288 g/mol. The highest BCUT2D eigenvalue weighted by Gasteiger charge is 2.18. The van der Waals surface area contributed by atoms with Crippen LogP contribution in [0.4, 0.5) is 10.5 Å². The molecule has 1 aromatic carbocycles. The number of aryl methyl sites for hydroxylation is 1. The molecule has 7 nitrogen and oxygen atoms in total. The zero-order valence-electron chi connectivity index (χ0n) is 11.5. The number of H-pyrrole nitrogens is 1. The molecule has 7 heteroatoms. The molecule has 0 saturated heterocycles. The van der Waals surface area contributed by atoms with E-state index >= 15 is 0 Å². The molecule has 0 bridgehead atoms. The van der Waals surface area contributed by atoms with Crippen molar-refractivity contribution in [3.63, 3.8) is 0 Å². The zero-order valence-corrected chi connectivity index (χ0v) is 11.5. The maximum absolute atomic E-state index is 12.2. The number of nitrogens with zero attached hydrogens (tertiary/aromatic N) is 2. The highest BCUT2D eigenvalue weighted by molar-refractivity contribution is 5.96. The molecule has 0 spiro atoms. The van der Waals surface area contributed by atoms with E-state index in [9.17, 15) is 9.59 Å². The highest BCUT2D eigenvalue weighted by Crippen LogP contribution is 2.15. The number of anilines is 1. The van der Waals surface area contributed by atoms with Crippen LogP contribution in [0, 0.1) is 6.92 Å². The standard InChI is InChI=1S/C14H16N4O3/c1-10-2-4-12(5-3-10)18(8-13(19)20)14(21)16-7-11-6-15-9-17-11/h2-6,9H,7-8H2,1H3,(H,15,17)(H,16,21)(H,19,20). The first kappa shape index (κ1) is 14.6. The molecule has 2 aromatic rings. The van der Waals surface area contributed by atoms with Crippen molar-refractivity contribution >= 4 is 17.7 Å². The van der Waals surface area contributed by atoms with Crippen LogP contribution in [0.15, 0.2) is 36.8 Å². The molecule has 0 fully saturated rings. The van der Waals surface area contributed by atoms with Gasteiger partial charge in [-0.05, 0) is 19.1 Å². The third-order valence-corrected chi connectivity index (χ3v) is 2.87. The number of nitrogens with one attached hydrogen (secondary N) is 2. The van der Waals surface area contributed by atoms with Crippen molar-refractivity contribution in [3.8, 4) is 0 Å². The fraction of sp³-hybridized carbons (Fsp3) is 0.214. The molecule has 1 heterocycles. The third-order valence-electron chi connectivity index (χ3n) is 2.87. The van der Waals surface area contributed by atoms with Gasteiger partial charge < -0.3 is 15.4 Å². The maximum atomic E-state index is 12.2. The summed E-state index contributed by atoms with van der Waals surface area (Å²) < 4.78 is 0. The largest absolute Gasteiger partial charge is 0.480 e. The molecular formula is C14H16N4O3. The molecule has 0 aliphatic heterocycles. The van der Waals surface area contributed by atoms with Crippen molar-refractivity contribution in [2.75, 3.05) is 11.4 Å². The van der Waals surface area contributed by atoms with Crippen LogP contribution in [0.25, 0.3) is 0 Å². The van der Waals surface area contributed by atoms with Gasteiger partial charge in [-0.1, -0.05) is 17.7 Å². The van der Waals surface area contributed by atoms with E-state index in [1.54, 1.807) is 18.3 Å². The molecule has 0 saturated carbocycles. The van der Waals surface area contributed by atoms with E-state index in [0.29, 0.717) is 5.69 Å². The van der Waals surface area contributed by atoms with E-state index in [2.05, 4.69) is 15.3 Å². The molecule has 2 rings (SSSR count). The fourth-order valence-electron chi connectivity index (χ4n) is 1.79. The molecule has 1 aromatic heterocycles. The molecule has 0 radical (unpaired) electrons. The molecule has 0 aliphatic rings. The van der Waals surface area contributed by atoms with Crippen molar-refractivity contribution in [1.82, 2.24) is 15.3 Å². The lowest BCUT2D eigenvalue weighted by atomic mass is 10.2. The molecule has 0 atom stereocenters. The Morgan fingerprint density at radius 2 is 2.05 bits per heavy atom. The van der Waals surface area contributed by atoms with Gasteiger partial charge in [-0.15, -0.1) is 0 Å². The van der Waals surface area contributed by atoms with Crippen LogP contribution in [0.2, 0.25) is 0 Å². The summed E-state index contributed by atoms with van der Waals surface area (Å²) >= 11 is 0. The number of amides is 2. The van der Waals surface area contributed by atoms with Gasteiger partial charge in [0.05, 0.1) is 18.6 Å². The van der Waals surface area contributed by atoms with Crippen molar-refractivity contribution in [1.29, 1.82) is 0 Å². The lowest BCUT2D eigenvalue weighted by Crippen LogP contribution is -2.42. The first-order valence-electron chi connectivity index (χ1n) is 6.37. The van der Waals surface area contributed by atoms with Gasteiger partial charge in [-0.2, -0.15) is 0 Å². The average molecular weight is 288 g/mol. The topological polar surface area (TPSA) is 98.3 Å². The van der Waals surface area contributed by atoms with E-state index in [1.165, 1.54) is 11.2 Å². The SMILES string of the molecule is Cc1ccc(N(CC(=O)O)C(=O)NCc2cnc[nH]2)cc1. The number of carbonyl (C=O) groups is 2. The number of aliphatic carboxylic acids is 1. The van der Waals surface area contributed by atoms with E-state index in [1.807, 2.05) is 19.1 Å². The van der Waals surface area contributed by atoms with E-state index in [0.717, 1.165) is 11.3 Å². The Hall–Kier alpha value is -2.83. The lowest BCUT2D eigenvalue weighted by Gasteiger charge is -2.21. The Balaban J connectivity index is 2.09. The molecule has 0 unspecified atom stereocenters. The summed E-state index contributed by atoms with van der Waals surface area (Å²) in [6, 6.07) is 6.61. The molecule has 0 aliphatic carbocycles. The molecule has 2 amide bonds. The average Bonchev–Trinajstić information content (AvgIpc) is 2.96. The van der Waals surface area contributed by atoms with Crippen LogP contribution in [0.3, 0.4) is 0 Å². The number of carboxylic acids is 1. The minimum Gasteiger partial charge on any atom is -0.480 e. The summed E-state index contributed by atoms with van der Waals surface area (Å²) in [4.78, 5) is 31.0. The predicted octanol–water partition coefficient (Wildman–Crippen LogP) is 1.52. The number of imidazole rings is 1. The van der Waals surface area contributed by atoms with Gasteiger partial charge >= 0.3 is 12.0 Å². The number of carboxylic acid groups (broad SMARTS) is 1. The van der Waals surface area contributed by atoms with Gasteiger partial charge in [-0.25, -0.2) is 9.78 Å². The van der Waals surface area contributed by atoms with Crippen LogP contribution in [0.1, 0.15) is 11.3 Å². The smallest absolute Gasteiger partial charge is 0.323 e. The van der Waals surface area contributed by atoms with E-state index in [-0.39, 0.29) is 6.54 Å². The second-order valence-electron chi connectivity index (χ2n) is 4.55. The predicted molar refractivity (Wildman–Crippen MR) is 77.0 cm³/mol. The van der Waals surface area contributed by atoms with Gasteiger partial charge in [0, 0.05) is 11.9 Å². The summed E-state index contributed by atoms with van der Waals surface area (Å²) in [5.41, 5.74) is 2.31. The van der Waals surface area contributed by atoms with E-state index < -0.39 is 18.5 Å². The summed E-state index contributed by atoms with van der Waals surface area (Å²) in [5, 5.41) is 11.6. The van der Waals surface area contributed by atoms with Gasteiger partial charge in [-0.3, -0.25) is 9.69 Å². The van der Waals surface area contributed by atoms with Crippen LogP contribution < -0.4 is 10.2 Å². The van der Waals surface area contributed by atoms with Crippen molar-refractivity contribution < 1.29 is 14.7 Å². The first-order valence-corrected chi connectivity index (χ1v) is 6.37. The number of hydrogen-bond acceptors (Lipinski definition) is 3. The number of benzene rings is 1. The molecular weight excluding hydrogens is 272 g/mol. The number of carbonyl (C=O) groups excluding carboxylic acids is 1. The van der Waals surface area contributed by atoms with Gasteiger partial charge in [0.15, 0.2) is 0 Å². The maximum Gasteiger partial charge on any atom is 0.323 e. The quantitative estimate of drug-likeness (QED) is 0.776. The Kier molecular flexibility index (Phi) is 4.55. The lowest BCUT2D eigenvalue weighted by molar-refractivity contribution is -0.135. The first-order chi connectivity index (χ1) is 10.1. The van der Waals surface area contributed by atoms with Crippen molar-refractivity contribution in [3.05, 3.63) is 48.0 Å². The summed E-state index contributed by atoms with van der Waals surface area (Å²) in [7, 11) is 0. The van der Waals surface area contributed by atoms with Crippen molar-refractivity contribution in [2.45, 2.75) is 13.5 Å². The second-order valence-corrected chi connectivity index (χ2v) is 4.55. The number of aromatic amines is 1. The molecule has 3 N–H and O–H groups in total. The third kappa shape index (κ3) is 4.07. The van der Waals surface area contributed by atoms with E-state index in [4.69, 9.17) is 5.11 Å². The number of rotatable bonds is 5. The fourth-order valence-corrected chi connectivity index (χ4v) is 1.79. The minimum atomic E-state index is -1.08. The van der Waals surface area contributed by atoms with Gasteiger partial charge in [0.25, 0.3) is 0 Å². The normalized spacial score (nSPS) is 10.1. The number of hydrogen-bond donors (Lipinski definition) is 3. The summed E-state index contributed by atoms with van der Waals surface area (Å²) in [6.45, 7) is 1.77. The number of urea groups is 1. The highest BCUT2D eigenvalue weighted by atomic mass is 16.4. The van der Waals surface area contributed by atoms with Crippen LogP contribution in [-0.4, -0.2) is 33.6 Å². The van der Waals surface area contributed by atoms with Crippen LogP contribution in [0.5, 0.6) is 0 Å². The number of aromatic nitrogens is 2. The zero-order chi connectivity index (χ0) is 15.2. The Morgan fingerprint density at radius 3 is 2.62 bits per heavy atom. The molecule has 110 valence electrons. The molecule has 21 heavy (non-hydrogen) atoms. The van der Waals surface area contributed by atoms with Crippen LogP contribution >= 0.6 is 0 Å².